The Kier molecular flexibility index (Phi) is 3.39. The summed E-state index contributed by atoms with van der Waals surface area (Å²) in [5.74, 6) is 0.842. The van der Waals surface area contributed by atoms with Gasteiger partial charge in [0.05, 0.1) is 17.8 Å². The molecule has 0 aliphatic carbocycles. The molecular formula is C18H19N3O. The standard InChI is InChI=1S/C18H19N3O/c22-18-17-13-20(10-14-5-2-1-3-6-14)11-15(17)12-21(18)16-7-4-8-19-9-16/h1-9,15,17H,10-13H2/t15-,17-/m1/s1. The zero-order valence-corrected chi connectivity index (χ0v) is 12.4. The lowest BCUT2D eigenvalue weighted by molar-refractivity contribution is -0.120. The second-order valence-corrected chi connectivity index (χ2v) is 6.21. The molecular weight excluding hydrogens is 274 g/mol. The number of pyridine rings is 1. The molecule has 1 aromatic heterocycles. The monoisotopic (exact) mass is 293 g/mol. The zero-order chi connectivity index (χ0) is 14.9. The topological polar surface area (TPSA) is 36.4 Å². The SMILES string of the molecule is O=C1[C@@H]2CN(Cc3ccccc3)C[C@@H]2CN1c1cccnc1. The molecule has 2 aromatic rings. The normalized spacial score (nSPS) is 24.7. The van der Waals surface area contributed by atoms with E-state index < -0.39 is 0 Å². The highest BCUT2D eigenvalue weighted by atomic mass is 16.2. The van der Waals surface area contributed by atoms with Crippen LogP contribution in [0.3, 0.4) is 0 Å². The molecule has 2 fully saturated rings. The van der Waals surface area contributed by atoms with Crippen molar-refractivity contribution in [2.45, 2.75) is 6.54 Å². The molecule has 2 aliphatic rings. The van der Waals surface area contributed by atoms with Crippen molar-refractivity contribution in [3.8, 4) is 0 Å². The summed E-state index contributed by atoms with van der Waals surface area (Å²) in [6.07, 6.45) is 3.52. The van der Waals surface area contributed by atoms with Crippen LogP contribution < -0.4 is 4.90 Å². The maximum Gasteiger partial charge on any atom is 0.231 e. The fraction of sp³-hybridized carbons (Fsp3) is 0.333. The summed E-state index contributed by atoms with van der Waals surface area (Å²) < 4.78 is 0. The van der Waals surface area contributed by atoms with Gasteiger partial charge in [0.2, 0.25) is 5.91 Å². The van der Waals surface area contributed by atoms with Crippen LogP contribution in [0.15, 0.2) is 54.9 Å². The van der Waals surface area contributed by atoms with E-state index in [4.69, 9.17) is 0 Å². The minimum absolute atomic E-state index is 0.143. The van der Waals surface area contributed by atoms with Crippen molar-refractivity contribution in [3.05, 3.63) is 60.4 Å². The highest BCUT2D eigenvalue weighted by Gasteiger charge is 2.46. The molecule has 4 nitrogen and oxygen atoms in total. The number of fused-ring (bicyclic) bond motifs is 1. The number of amides is 1. The van der Waals surface area contributed by atoms with Crippen LogP contribution in [-0.2, 0) is 11.3 Å². The molecule has 4 heteroatoms. The molecule has 22 heavy (non-hydrogen) atoms. The lowest BCUT2D eigenvalue weighted by Crippen LogP contribution is -2.32. The van der Waals surface area contributed by atoms with Gasteiger partial charge < -0.3 is 4.90 Å². The maximum atomic E-state index is 12.7. The van der Waals surface area contributed by atoms with Gasteiger partial charge in [0, 0.05) is 38.3 Å². The third-order valence-electron chi connectivity index (χ3n) is 4.72. The first-order chi connectivity index (χ1) is 10.8. The predicted octanol–water partition coefficient (Wildman–Crippen LogP) is 2.18. The fourth-order valence-electron chi connectivity index (χ4n) is 3.67. The summed E-state index contributed by atoms with van der Waals surface area (Å²) in [6.45, 7) is 3.63. The third kappa shape index (κ3) is 2.40. The minimum atomic E-state index is 0.143. The Hall–Kier alpha value is -2.20. The average Bonchev–Trinajstić information content (AvgIpc) is 3.08. The van der Waals surface area contributed by atoms with Crippen LogP contribution in [-0.4, -0.2) is 35.4 Å². The summed E-state index contributed by atoms with van der Waals surface area (Å²) in [5, 5.41) is 0. The van der Waals surface area contributed by atoms with Gasteiger partial charge in [-0.05, 0) is 17.7 Å². The van der Waals surface area contributed by atoms with Crippen LogP contribution in [0.1, 0.15) is 5.56 Å². The first kappa shape index (κ1) is 13.5. The number of rotatable bonds is 3. The minimum Gasteiger partial charge on any atom is -0.310 e. The van der Waals surface area contributed by atoms with E-state index in [2.05, 4.69) is 34.1 Å². The van der Waals surface area contributed by atoms with Crippen molar-refractivity contribution in [2.75, 3.05) is 24.5 Å². The highest BCUT2D eigenvalue weighted by molar-refractivity contribution is 5.97. The lowest BCUT2D eigenvalue weighted by Gasteiger charge is -2.21. The molecule has 0 radical (unpaired) electrons. The van der Waals surface area contributed by atoms with Crippen LogP contribution >= 0.6 is 0 Å². The van der Waals surface area contributed by atoms with Gasteiger partial charge in [-0.1, -0.05) is 30.3 Å². The van der Waals surface area contributed by atoms with Gasteiger partial charge in [-0.3, -0.25) is 14.7 Å². The Morgan fingerprint density at radius 1 is 1.05 bits per heavy atom. The van der Waals surface area contributed by atoms with Crippen LogP contribution in [0.5, 0.6) is 0 Å². The smallest absolute Gasteiger partial charge is 0.231 e. The molecule has 2 aliphatic heterocycles. The molecule has 2 saturated heterocycles. The van der Waals surface area contributed by atoms with Gasteiger partial charge in [0.25, 0.3) is 0 Å². The second-order valence-electron chi connectivity index (χ2n) is 6.21. The molecule has 3 heterocycles. The van der Waals surface area contributed by atoms with Crippen LogP contribution in [0.2, 0.25) is 0 Å². The second kappa shape index (κ2) is 5.54. The third-order valence-corrected chi connectivity index (χ3v) is 4.72. The number of benzene rings is 1. The van der Waals surface area contributed by atoms with E-state index in [0.717, 1.165) is 31.9 Å². The molecule has 0 saturated carbocycles. The first-order valence-electron chi connectivity index (χ1n) is 7.79. The van der Waals surface area contributed by atoms with Gasteiger partial charge in [-0.25, -0.2) is 0 Å². The molecule has 1 amide bonds. The summed E-state index contributed by atoms with van der Waals surface area (Å²) in [6, 6.07) is 14.3. The molecule has 0 spiro atoms. The average molecular weight is 293 g/mol. The van der Waals surface area contributed by atoms with Gasteiger partial charge in [0.1, 0.15) is 0 Å². The number of hydrogen-bond donors (Lipinski definition) is 0. The quantitative estimate of drug-likeness (QED) is 0.870. The fourth-order valence-corrected chi connectivity index (χ4v) is 3.67. The van der Waals surface area contributed by atoms with E-state index in [-0.39, 0.29) is 11.8 Å². The van der Waals surface area contributed by atoms with Crippen LogP contribution in [0.25, 0.3) is 0 Å². The summed E-state index contributed by atoms with van der Waals surface area (Å²) in [7, 11) is 0. The molecule has 2 atom stereocenters. The van der Waals surface area contributed by atoms with Crippen LogP contribution in [0.4, 0.5) is 5.69 Å². The number of carbonyl (C=O) groups excluding carboxylic acids is 1. The van der Waals surface area contributed by atoms with Crippen LogP contribution in [0, 0.1) is 11.8 Å². The van der Waals surface area contributed by atoms with Crippen molar-refractivity contribution < 1.29 is 4.79 Å². The maximum absolute atomic E-state index is 12.7. The highest BCUT2D eigenvalue weighted by Crippen LogP contribution is 2.35. The number of hydrogen-bond acceptors (Lipinski definition) is 3. The van der Waals surface area contributed by atoms with Crippen molar-refractivity contribution in [1.29, 1.82) is 0 Å². The Bertz CT molecular complexity index is 659. The summed E-state index contributed by atoms with van der Waals surface area (Å²) in [4.78, 5) is 21.1. The van der Waals surface area contributed by atoms with Crippen molar-refractivity contribution >= 4 is 11.6 Å². The van der Waals surface area contributed by atoms with E-state index in [1.807, 2.05) is 23.1 Å². The number of aromatic nitrogens is 1. The number of likely N-dealkylation sites (tertiary alicyclic amines) is 1. The molecule has 112 valence electrons. The first-order valence-corrected chi connectivity index (χ1v) is 7.79. The predicted molar refractivity (Wildman–Crippen MR) is 85.3 cm³/mol. The van der Waals surface area contributed by atoms with E-state index in [9.17, 15) is 4.79 Å². The lowest BCUT2D eigenvalue weighted by atomic mass is 10.0. The Labute approximate surface area is 130 Å². The van der Waals surface area contributed by atoms with Crippen molar-refractivity contribution in [1.82, 2.24) is 9.88 Å². The van der Waals surface area contributed by atoms with E-state index >= 15 is 0 Å². The molecule has 1 aromatic carbocycles. The van der Waals surface area contributed by atoms with Gasteiger partial charge in [0.15, 0.2) is 0 Å². The van der Waals surface area contributed by atoms with E-state index in [0.29, 0.717) is 5.92 Å². The van der Waals surface area contributed by atoms with Gasteiger partial charge in [-0.15, -0.1) is 0 Å². The van der Waals surface area contributed by atoms with E-state index in [1.165, 1.54) is 5.56 Å². The van der Waals surface area contributed by atoms with Gasteiger partial charge in [-0.2, -0.15) is 0 Å². The molecule has 0 bridgehead atoms. The Balaban J connectivity index is 1.44. The number of anilines is 1. The largest absolute Gasteiger partial charge is 0.310 e. The molecule has 4 rings (SSSR count). The Morgan fingerprint density at radius 2 is 1.91 bits per heavy atom. The summed E-state index contributed by atoms with van der Waals surface area (Å²) in [5.41, 5.74) is 2.25. The number of nitrogens with zero attached hydrogens (tertiary/aromatic N) is 3. The zero-order valence-electron chi connectivity index (χ0n) is 12.4. The van der Waals surface area contributed by atoms with Crippen molar-refractivity contribution in [3.63, 3.8) is 0 Å². The van der Waals surface area contributed by atoms with Gasteiger partial charge >= 0.3 is 0 Å². The number of carbonyl (C=O) groups is 1. The van der Waals surface area contributed by atoms with Crippen molar-refractivity contribution in [2.24, 2.45) is 11.8 Å². The summed E-state index contributed by atoms with van der Waals surface area (Å²) >= 11 is 0. The molecule has 0 N–H and O–H groups in total. The molecule has 0 unspecified atom stereocenters. The Morgan fingerprint density at radius 3 is 2.64 bits per heavy atom. The van der Waals surface area contributed by atoms with E-state index in [1.54, 1.807) is 12.4 Å².